The van der Waals surface area contributed by atoms with Gasteiger partial charge in [-0.25, -0.2) is 6.07 Å². The molecule has 1 aromatic heterocycles. The largest absolute Gasteiger partial charge is 2.00 e. The van der Waals surface area contributed by atoms with Gasteiger partial charge in [-0.3, -0.25) is 0 Å². The second kappa shape index (κ2) is 15.0. The maximum absolute atomic E-state index is 3.30. The van der Waals surface area contributed by atoms with E-state index in [0.29, 0.717) is 0 Å². The molecule has 1 rings (SSSR count). The Morgan fingerprint density at radius 2 is 1.59 bits per heavy atom. The van der Waals surface area contributed by atoms with Crippen LogP contribution in [-0.2, 0) is 6.42 Å². The Bertz CT molecular complexity index is 224. The second-order valence-corrected chi connectivity index (χ2v) is 4.98. The van der Waals surface area contributed by atoms with Crippen molar-refractivity contribution in [3.63, 3.8) is 0 Å². The fourth-order valence-corrected chi connectivity index (χ4v) is 2.47. The van der Waals surface area contributed by atoms with Gasteiger partial charge in [0.05, 0.1) is 0 Å². The summed E-state index contributed by atoms with van der Waals surface area (Å²) in [5, 5.41) is 5.42. The van der Waals surface area contributed by atoms with Crippen LogP contribution in [0.25, 0.3) is 0 Å². The molecule has 0 aliphatic heterocycles. The first-order valence-electron chi connectivity index (χ1n) is 6.37. The van der Waals surface area contributed by atoms with Crippen LogP contribution in [0.3, 0.4) is 0 Å². The third-order valence-corrected chi connectivity index (χ3v) is 3.48. The van der Waals surface area contributed by atoms with Crippen LogP contribution >= 0.6 is 11.3 Å². The van der Waals surface area contributed by atoms with Crippen LogP contribution in [0, 0.1) is 5.38 Å². The van der Waals surface area contributed by atoms with E-state index in [4.69, 9.17) is 0 Å². The summed E-state index contributed by atoms with van der Waals surface area (Å²) in [7, 11) is 0. The number of hydrogen-bond acceptors (Lipinski definition) is 1. The van der Waals surface area contributed by atoms with Crippen LogP contribution in [0.15, 0.2) is 11.4 Å². The number of rotatable bonds is 9. The third kappa shape index (κ3) is 11.8. The predicted molar refractivity (Wildman–Crippen MR) is 75.2 cm³/mol. The molecule has 0 N–H and O–H groups in total. The van der Waals surface area contributed by atoms with E-state index in [2.05, 4.69) is 23.8 Å². The Labute approximate surface area is 138 Å². The van der Waals surface area contributed by atoms with Gasteiger partial charge in [-0.05, 0) is 0 Å². The van der Waals surface area contributed by atoms with Gasteiger partial charge in [0.15, 0.2) is 0 Å². The second-order valence-electron chi connectivity index (χ2n) is 4.27. The third-order valence-electron chi connectivity index (χ3n) is 2.83. The van der Waals surface area contributed by atoms with Crippen molar-refractivity contribution in [1.29, 1.82) is 0 Å². The van der Waals surface area contributed by atoms with Gasteiger partial charge in [-0.15, -0.1) is 5.38 Å². The molecule has 0 aliphatic carbocycles. The molecular formula is C14H23BrMgS. The van der Waals surface area contributed by atoms with Gasteiger partial charge in [0.2, 0.25) is 0 Å². The standard InChI is InChI=1S/C14H23S.BrH.Mg/c1-2-3-4-5-6-7-8-9-10-14-11-12-15-13-14;;/h11-12H,2-10H2,1H3;1H;/q-1;;+2/p-1. The molecule has 0 bridgehead atoms. The zero-order chi connectivity index (χ0) is 10.8. The molecule has 3 heteroatoms. The Balaban J connectivity index is 0. The molecule has 0 spiro atoms. The van der Waals surface area contributed by atoms with Crippen molar-refractivity contribution < 1.29 is 17.0 Å². The van der Waals surface area contributed by atoms with E-state index in [1.54, 1.807) is 11.3 Å². The maximum atomic E-state index is 3.30. The van der Waals surface area contributed by atoms with E-state index in [9.17, 15) is 0 Å². The average molecular weight is 328 g/mol. The van der Waals surface area contributed by atoms with Crippen LogP contribution in [0.2, 0.25) is 0 Å². The molecule has 1 heterocycles. The van der Waals surface area contributed by atoms with E-state index >= 15 is 0 Å². The normalized spacial score (nSPS) is 9.47. The van der Waals surface area contributed by atoms with Gasteiger partial charge in [-0.1, -0.05) is 64.7 Å². The van der Waals surface area contributed by atoms with Crippen molar-refractivity contribution in [1.82, 2.24) is 0 Å². The number of unbranched alkanes of at least 4 members (excludes halogenated alkanes) is 7. The molecule has 0 unspecified atom stereocenters. The summed E-state index contributed by atoms with van der Waals surface area (Å²) >= 11 is 1.69. The van der Waals surface area contributed by atoms with E-state index in [0.717, 1.165) is 0 Å². The van der Waals surface area contributed by atoms with Gasteiger partial charge in [0.25, 0.3) is 0 Å². The fraction of sp³-hybridized carbons (Fsp3) is 0.714. The molecule has 0 radical (unpaired) electrons. The maximum Gasteiger partial charge on any atom is 2.00 e. The van der Waals surface area contributed by atoms with Crippen molar-refractivity contribution >= 4 is 34.4 Å². The van der Waals surface area contributed by atoms with Crippen molar-refractivity contribution in [3.8, 4) is 0 Å². The molecule has 17 heavy (non-hydrogen) atoms. The molecule has 0 saturated carbocycles. The van der Waals surface area contributed by atoms with Gasteiger partial charge in [-0.2, -0.15) is 10.9 Å². The average Bonchev–Trinajstić information content (AvgIpc) is 2.75. The molecule has 1 aromatic rings. The molecule has 0 aromatic carbocycles. The van der Waals surface area contributed by atoms with Gasteiger partial charge in [0.1, 0.15) is 0 Å². The van der Waals surface area contributed by atoms with Crippen LogP contribution in [0.4, 0.5) is 0 Å². The van der Waals surface area contributed by atoms with Gasteiger partial charge < -0.3 is 28.3 Å². The Morgan fingerprint density at radius 1 is 1.00 bits per heavy atom. The summed E-state index contributed by atoms with van der Waals surface area (Å²) in [6.07, 6.45) is 12.5. The molecular weight excluding hydrogens is 304 g/mol. The van der Waals surface area contributed by atoms with Crippen LogP contribution in [-0.4, -0.2) is 23.1 Å². The molecule has 94 valence electrons. The zero-order valence-electron chi connectivity index (χ0n) is 11.0. The molecule has 0 aliphatic rings. The minimum Gasteiger partial charge on any atom is -1.00 e. The van der Waals surface area contributed by atoms with E-state index in [-0.39, 0.29) is 40.0 Å². The summed E-state index contributed by atoms with van der Waals surface area (Å²) in [4.78, 5) is 0. The Hall–Kier alpha value is 0.946. The number of aryl methyl sites for hydroxylation is 1. The molecule has 0 saturated heterocycles. The monoisotopic (exact) mass is 326 g/mol. The predicted octanol–water partition coefficient (Wildman–Crippen LogP) is 1.85. The number of halogens is 1. The first-order chi connectivity index (χ1) is 7.43. The van der Waals surface area contributed by atoms with Crippen molar-refractivity contribution in [2.24, 2.45) is 0 Å². The minimum absolute atomic E-state index is 0. The smallest absolute Gasteiger partial charge is 1.00 e. The summed E-state index contributed by atoms with van der Waals surface area (Å²) < 4.78 is 0. The van der Waals surface area contributed by atoms with E-state index in [1.807, 2.05) is 0 Å². The first-order valence-corrected chi connectivity index (χ1v) is 7.25. The molecule has 0 fully saturated rings. The van der Waals surface area contributed by atoms with Crippen LogP contribution < -0.4 is 17.0 Å². The van der Waals surface area contributed by atoms with Gasteiger partial charge >= 0.3 is 23.1 Å². The first kappa shape index (κ1) is 20.3. The topological polar surface area (TPSA) is 0 Å². The Morgan fingerprint density at radius 3 is 2.12 bits per heavy atom. The molecule has 0 nitrogen and oxygen atoms in total. The van der Waals surface area contributed by atoms with Gasteiger partial charge in [0, 0.05) is 0 Å². The minimum atomic E-state index is 0. The van der Waals surface area contributed by atoms with Crippen molar-refractivity contribution in [3.05, 3.63) is 22.4 Å². The van der Waals surface area contributed by atoms with Crippen molar-refractivity contribution in [2.75, 3.05) is 0 Å². The summed E-state index contributed by atoms with van der Waals surface area (Å²) in [5.74, 6) is 0. The summed E-state index contributed by atoms with van der Waals surface area (Å²) in [6.45, 7) is 2.28. The quantitative estimate of drug-likeness (QED) is 0.369. The Kier molecular flexibility index (Phi) is 17.9. The van der Waals surface area contributed by atoms with E-state index < -0.39 is 0 Å². The summed E-state index contributed by atoms with van der Waals surface area (Å²) in [5.41, 5.74) is 1.41. The number of thiophene rings is 1. The van der Waals surface area contributed by atoms with E-state index in [1.165, 1.54) is 63.4 Å². The van der Waals surface area contributed by atoms with Crippen LogP contribution in [0.5, 0.6) is 0 Å². The van der Waals surface area contributed by atoms with Crippen molar-refractivity contribution in [2.45, 2.75) is 64.7 Å². The fourth-order valence-electron chi connectivity index (χ4n) is 1.84. The summed E-state index contributed by atoms with van der Waals surface area (Å²) in [6, 6.07) is 2.20. The van der Waals surface area contributed by atoms with Crippen LogP contribution in [0.1, 0.15) is 63.9 Å². The SMILES string of the molecule is CCCCCCCCCCc1[c-]scc1.[Br-].[Mg+2]. The molecule has 0 atom stereocenters. The zero-order valence-corrected chi connectivity index (χ0v) is 14.8. The number of hydrogen-bond donors (Lipinski definition) is 0. The molecule has 0 amide bonds.